The number of benzene rings is 2. The number of ether oxygens (including phenoxy) is 2. The van der Waals surface area contributed by atoms with Gasteiger partial charge in [-0.3, -0.25) is 4.90 Å². The molecule has 1 aliphatic rings. The molecule has 0 spiro atoms. The van der Waals surface area contributed by atoms with Gasteiger partial charge in [-0.05, 0) is 35.4 Å². The molecule has 0 unspecified atom stereocenters. The van der Waals surface area contributed by atoms with Crippen LogP contribution in [-0.4, -0.2) is 67.9 Å². The van der Waals surface area contributed by atoms with Gasteiger partial charge >= 0.3 is 0 Å². The van der Waals surface area contributed by atoms with Crippen LogP contribution in [0.1, 0.15) is 31.9 Å². The highest BCUT2D eigenvalue weighted by Crippen LogP contribution is 2.33. The van der Waals surface area contributed by atoms with Gasteiger partial charge in [-0.1, -0.05) is 45.0 Å². The van der Waals surface area contributed by atoms with Crippen molar-refractivity contribution in [3.63, 3.8) is 0 Å². The zero-order chi connectivity index (χ0) is 23.0. The second kappa shape index (κ2) is 11.9. The maximum Gasteiger partial charge on any atom is 0.119 e. The van der Waals surface area contributed by atoms with E-state index in [2.05, 4.69) is 55.3 Å². The maximum absolute atomic E-state index is 10.3. The summed E-state index contributed by atoms with van der Waals surface area (Å²) in [5.74, 6) is 2.57. The summed E-state index contributed by atoms with van der Waals surface area (Å²) in [6, 6.07) is 16.5. The van der Waals surface area contributed by atoms with Crippen LogP contribution < -0.4 is 14.8 Å². The van der Waals surface area contributed by atoms with Crippen molar-refractivity contribution in [2.24, 2.45) is 5.92 Å². The fourth-order valence-electron chi connectivity index (χ4n) is 3.82. The summed E-state index contributed by atoms with van der Waals surface area (Å²) in [7, 11) is 0. The maximum atomic E-state index is 10.3. The van der Waals surface area contributed by atoms with Gasteiger partial charge in [0.15, 0.2) is 0 Å². The monoisotopic (exact) mass is 460 g/mol. The van der Waals surface area contributed by atoms with Crippen LogP contribution in [0.3, 0.4) is 0 Å². The number of hydrogen-bond donors (Lipinski definition) is 2. The molecule has 2 aromatic carbocycles. The van der Waals surface area contributed by atoms with Crippen LogP contribution in [0.2, 0.25) is 0 Å². The second-order valence-electron chi connectivity index (χ2n) is 9.26. The first-order chi connectivity index (χ1) is 15.4. The van der Waals surface area contributed by atoms with Gasteiger partial charge < -0.3 is 19.9 Å². The van der Waals surface area contributed by atoms with E-state index in [1.807, 2.05) is 24.3 Å². The predicted octanol–water partition coefficient (Wildman–Crippen LogP) is 3.91. The molecule has 1 fully saturated rings. The van der Waals surface area contributed by atoms with Crippen LogP contribution in [0, 0.1) is 5.92 Å². The lowest BCUT2D eigenvalue weighted by Gasteiger charge is -2.29. The van der Waals surface area contributed by atoms with E-state index in [-0.39, 0.29) is 5.41 Å². The summed E-state index contributed by atoms with van der Waals surface area (Å²) in [4.78, 5) is 2.27. The van der Waals surface area contributed by atoms with E-state index in [0.717, 1.165) is 37.7 Å². The van der Waals surface area contributed by atoms with Crippen molar-refractivity contribution in [2.45, 2.75) is 32.3 Å². The lowest BCUT2D eigenvalue weighted by Crippen LogP contribution is -2.47. The van der Waals surface area contributed by atoms with Crippen LogP contribution in [0.15, 0.2) is 48.5 Å². The van der Waals surface area contributed by atoms with E-state index in [1.165, 1.54) is 11.1 Å². The number of β-amino-alcohol motifs (C(OH)–C–C–N with tert-alkyl or cyclic N) is 1. The molecule has 2 atom stereocenters. The molecular weight excluding hydrogens is 424 g/mol. The highest BCUT2D eigenvalue weighted by Gasteiger charge is 2.23. The number of rotatable bonds is 11. The first-order valence-electron chi connectivity index (χ1n) is 11.5. The van der Waals surface area contributed by atoms with Gasteiger partial charge in [0.05, 0.1) is 6.61 Å². The van der Waals surface area contributed by atoms with Crippen molar-refractivity contribution in [2.75, 3.05) is 51.8 Å². The Balaban J connectivity index is 1.53. The average Bonchev–Trinajstić information content (AvgIpc) is 2.82. The van der Waals surface area contributed by atoms with Gasteiger partial charge in [-0.2, -0.15) is 0 Å². The quantitative estimate of drug-likeness (QED) is 0.498. The third-order valence-electron chi connectivity index (χ3n) is 6.07. The molecule has 5 nitrogen and oxygen atoms in total. The summed E-state index contributed by atoms with van der Waals surface area (Å²) in [5, 5.41) is 13.6. The molecule has 6 heteroatoms. The molecule has 32 heavy (non-hydrogen) atoms. The summed E-state index contributed by atoms with van der Waals surface area (Å²) in [6.07, 6.45) is -0.489. The number of aliphatic hydroxyl groups is 1. The predicted molar refractivity (Wildman–Crippen MR) is 131 cm³/mol. The summed E-state index contributed by atoms with van der Waals surface area (Å²) in [6.45, 7) is 12.0. The van der Waals surface area contributed by atoms with Gasteiger partial charge in [0.25, 0.3) is 0 Å². The molecule has 2 N–H and O–H groups in total. The number of halogens is 1. The van der Waals surface area contributed by atoms with Gasteiger partial charge in [0.1, 0.15) is 24.2 Å². The number of aliphatic hydroxyl groups excluding tert-OH is 1. The minimum absolute atomic E-state index is 0.150. The van der Waals surface area contributed by atoms with E-state index < -0.39 is 6.10 Å². The topological polar surface area (TPSA) is 54.0 Å². The van der Waals surface area contributed by atoms with Crippen LogP contribution in [-0.2, 0) is 5.41 Å². The molecule has 0 bridgehead atoms. The van der Waals surface area contributed by atoms with Gasteiger partial charge in [0.2, 0.25) is 0 Å². The highest BCUT2D eigenvalue weighted by atomic mass is 35.5. The molecule has 0 aliphatic carbocycles. The largest absolute Gasteiger partial charge is 0.493 e. The zero-order valence-electron chi connectivity index (χ0n) is 19.5. The van der Waals surface area contributed by atoms with E-state index >= 15 is 0 Å². The fourth-order valence-corrected chi connectivity index (χ4v) is 3.91. The minimum atomic E-state index is -0.489. The Bertz CT molecular complexity index is 805. The SMILES string of the molecule is C[C@H](CCl)COc1ccc(C(C)(C)c2ccc(OC[C@H](O)CN3CCNCC3)cc2)cc1. The number of nitrogens with zero attached hydrogens (tertiary/aromatic N) is 1. The Kier molecular flexibility index (Phi) is 9.23. The van der Waals surface area contributed by atoms with Crippen molar-refractivity contribution >= 4 is 11.6 Å². The van der Waals surface area contributed by atoms with Gasteiger partial charge in [-0.15, -0.1) is 11.6 Å². The molecule has 2 aromatic rings. The second-order valence-corrected chi connectivity index (χ2v) is 9.57. The molecule has 1 heterocycles. The van der Waals surface area contributed by atoms with Crippen LogP contribution >= 0.6 is 11.6 Å². The molecule has 176 valence electrons. The van der Waals surface area contributed by atoms with Crippen molar-refractivity contribution in [1.29, 1.82) is 0 Å². The van der Waals surface area contributed by atoms with E-state index in [9.17, 15) is 5.11 Å². The Morgan fingerprint density at radius 3 is 1.94 bits per heavy atom. The van der Waals surface area contributed by atoms with E-state index in [1.54, 1.807) is 0 Å². The Hall–Kier alpha value is -1.79. The number of piperazine rings is 1. The molecule has 0 aromatic heterocycles. The van der Waals surface area contributed by atoms with Crippen LogP contribution in [0.5, 0.6) is 11.5 Å². The lowest BCUT2D eigenvalue weighted by atomic mass is 9.78. The molecule has 0 radical (unpaired) electrons. The molecule has 0 saturated carbocycles. The van der Waals surface area contributed by atoms with Gasteiger partial charge in [0, 0.05) is 49.9 Å². The number of alkyl halides is 1. The summed E-state index contributed by atoms with van der Waals surface area (Å²) in [5.41, 5.74) is 2.27. The van der Waals surface area contributed by atoms with Crippen molar-refractivity contribution in [3.05, 3.63) is 59.7 Å². The Morgan fingerprint density at radius 1 is 0.938 bits per heavy atom. The standard InChI is InChI=1S/C26H37ClN2O3/c1-20(16-27)18-31-24-8-4-21(5-9-24)26(2,3)22-6-10-25(11-7-22)32-19-23(30)17-29-14-12-28-13-15-29/h4-11,20,23,28,30H,12-19H2,1-3H3/t20-,23-/m1/s1. The number of hydrogen-bond acceptors (Lipinski definition) is 5. The zero-order valence-corrected chi connectivity index (χ0v) is 20.3. The first-order valence-corrected chi connectivity index (χ1v) is 12.1. The smallest absolute Gasteiger partial charge is 0.119 e. The summed E-state index contributed by atoms with van der Waals surface area (Å²) >= 11 is 5.85. The molecule has 1 aliphatic heterocycles. The molecule has 1 saturated heterocycles. The third kappa shape index (κ3) is 7.11. The fraction of sp³-hybridized carbons (Fsp3) is 0.538. The Morgan fingerprint density at radius 2 is 1.44 bits per heavy atom. The first kappa shape index (κ1) is 24.8. The lowest BCUT2D eigenvalue weighted by molar-refractivity contribution is 0.0641. The van der Waals surface area contributed by atoms with Crippen molar-refractivity contribution in [3.8, 4) is 11.5 Å². The summed E-state index contributed by atoms with van der Waals surface area (Å²) < 4.78 is 11.6. The number of nitrogens with one attached hydrogen (secondary N) is 1. The normalized spacial score (nSPS) is 17.0. The van der Waals surface area contributed by atoms with Crippen molar-refractivity contribution in [1.82, 2.24) is 10.2 Å². The highest BCUT2D eigenvalue weighted by molar-refractivity contribution is 6.18. The molecule has 0 amide bonds. The average molecular weight is 461 g/mol. The van der Waals surface area contributed by atoms with Crippen molar-refractivity contribution < 1.29 is 14.6 Å². The third-order valence-corrected chi connectivity index (χ3v) is 6.60. The Labute approximate surface area is 197 Å². The minimum Gasteiger partial charge on any atom is -0.493 e. The van der Waals surface area contributed by atoms with E-state index in [0.29, 0.717) is 31.6 Å². The van der Waals surface area contributed by atoms with Crippen LogP contribution in [0.25, 0.3) is 0 Å². The molecular formula is C26H37ClN2O3. The molecule has 3 rings (SSSR count). The van der Waals surface area contributed by atoms with E-state index in [4.69, 9.17) is 21.1 Å². The van der Waals surface area contributed by atoms with Gasteiger partial charge in [-0.25, -0.2) is 0 Å². The van der Waals surface area contributed by atoms with Crippen LogP contribution in [0.4, 0.5) is 0 Å².